The lowest BCUT2D eigenvalue weighted by Gasteiger charge is -2.22. The number of hydrogen-bond acceptors (Lipinski definition) is 5. The van der Waals surface area contributed by atoms with Crippen molar-refractivity contribution in [3.05, 3.63) is 47.3 Å². The van der Waals surface area contributed by atoms with Crippen molar-refractivity contribution in [1.29, 1.82) is 0 Å². The summed E-state index contributed by atoms with van der Waals surface area (Å²) in [6.07, 6.45) is 3.05. The van der Waals surface area contributed by atoms with Crippen LogP contribution in [0.3, 0.4) is 0 Å². The molecular formula is C18H25N3O3. The summed E-state index contributed by atoms with van der Waals surface area (Å²) < 4.78 is 18.2. The van der Waals surface area contributed by atoms with Crippen molar-refractivity contribution in [1.82, 2.24) is 15.1 Å². The summed E-state index contributed by atoms with van der Waals surface area (Å²) in [7, 11) is 3.39. The molecule has 1 atom stereocenters. The van der Waals surface area contributed by atoms with E-state index in [0.29, 0.717) is 6.61 Å². The van der Waals surface area contributed by atoms with Gasteiger partial charge in [-0.2, -0.15) is 5.10 Å². The number of aromatic nitrogens is 2. The van der Waals surface area contributed by atoms with Crippen LogP contribution in [0.2, 0.25) is 0 Å². The first-order chi connectivity index (χ1) is 11.8. The fourth-order valence-electron chi connectivity index (χ4n) is 2.92. The summed E-state index contributed by atoms with van der Waals surface area (Å²) in [4.78, 5) is 0. The molecule has 1 aromatic heterocycles. The van der Waals surface area contributed by atoms with Crippen LogP contribution in [0, 0.1) is 0 Å². The van der Waals surface area contributed by atoms with E-state index in [1.165, 1.54) is 11.1 Å². The fourth-order valence-corrected chi connectivity index (χ4v) is 2.92. The van der Waals surface area contributed by atoms with Gasteiger partial charge in [-0.1, -0.05) is 12.1 Å². The summed E-state index contributed by atoms with van der Waals surface area (Å²) >= 11 is 0. The van der Waals surface area contributed by atoms with Gasteiger partial charge in [-0.25, -0.2) is 0 Å². The van der Waals surface area contributed by atoms with E-state index in [9.17, 15) is 0 Å². The van der Waals surface area contributed by atoms with Gasteiger partial charge in [-0.15, -0.1) is 0 Å². The quantitative estimate of drug-likeness (QED) is 0.801. The van der Waals surface area contributed by atoms with Crippen molar-refractivity contribution in [2.24, 2.45) is 0 Å². The van der Waals surface area contributed by atoms with Gasteiger partial charge in [0, 0.05) is 26.4 Å². The molecule has 1 aliphatic rings. The van der Waals surface area contributed by atoms with Crippen LogP contribution in [-0.4, -0.2) is 43.8 Å². The van der Waals surface area contributed by atoms with Crippen LogP contribution in [-0.2, 0) is 29.0 Å². The van der Waals surface area contributed by atoms with Gasteiger partial charge in [-0.05, 0) is 29.7 Å². The maximum absolute atomic E-state index is 5.91. The zero-order valence-corrected chi connectivity index (χ0v) is 14.3. The summed E-state index contributed by atoms with van der Waals surface area (Å²) in [5.74, 6) is 0.877. The van der Waals surface area contributed by atoms with Crippen LogP contribution < -0.4 is 10.1 Å². The Labute approximate surface area is 142 Å². The van der Waals surface area contributed by atoms with Crippen LogP contribution in [0.1, 0.15) is 22.9 Å². The van der Waals surface area contributed by atoms with Crippen molar-refractivity contribution in [2.45, 2.75) is 25.6 Å². The van der Waals surface area contributed by atoms with Gasteiger partial charge in [0.25, 0.3) is 0 Å². The van der Waals surface area contributed by atoms with Crippen LogP contribution in [0.25, 0.3) is 0 Å². The number of nitrogens with one attached hydrogen (secondary N) is 1. The Bertz CT molecular complexity index is 657. The predicted octanol–water partition coefficient (Wildman–Crippen LogP) is 1.94. The molecule has 0 bridgehead atoms. The predicted molar refractivity (Wildman–Crippen MR) is 91.2 cm³/mol. The molecule has 1 aliphatic heterocycles. The molecular weight excluding hydrogens is 306 g/mol. The van der Waals surface area contributed by atoms with Crippen molar-refractivity contribution >= 4 is 0 Å². The Morgan fingerprint density at radius 2 is 2.29 bits per heavy atom. The summed E-state index contributed by atoms with van der Waals surface area (Å²) in [5.41, 5.74) is 3.53. The van der Waals surface area contributed by atoms with Crippen LogP contribution in [0.15, 0.2) is 30.5 Å². The first-order valence-corrected chi connectivity index (χ1v) is 8.30. The second kappa shape index (κ2) is 8.28. The van der Waals surface area contributed by atoms with Gasteiger partial charge >= 0.3 is 0 Å². The highest BCUT2D eigenvalue weighted by Gasteiger charge is 2.24. The molecule has 6 nitrogen and oxygen atoms in total. The number of fused-ring (bicyclic) bond motifs is 1. The van der Waals surface area contributed by atoms with E-state index in [-0.39, 0.29) is 6.10 Å². The Balaban J connectivity index is 1.57. The third kappa shape index (κ3) is 4.14. The van der Waals surface area contributed by atoms with Crippen molar-refractivity contribution < 1.29 is 14.2 Å². The zero-order valence-electron chi connectivity index (χ0n) is 14.3. The standard InChI is InChI=1S/C18H25N3O3/c1-22-9-7-21-13-15-6-8-24-17(18(15)20-21)12-19-11-14-4-3-5-16(10-14)23-2/h3-5,10,13,17,19H,6-9,11-12H2,1-2H3/t17-/m0/s1. The number of ether oxygens (including phenoxy) is 3. The van der Waals surface area contributed by atoms with Gasteiger partial charge in [0.05, 0.1) is 32.6 Å². The van der Waals surface area contributed by atoms with E-state index in [1.54, 1.807) is 14.2 Å². The SMILES string of the molecule is COCCn1cc2c(n1)[C@H](CNCc1cccc(OC)c1)OCC2. The smallest absolute Gasteiger partial charge is 0.119 e. The number of hydrogen-bond donors (Lipinski definition) is 1. The highest BCUT2D eigenvalue weighted by atomic mass is 16.5. The monoisotopic (exact) mass is 331 g/mol. The molecule has 0 radical (unpaired) electrons. The third-order valence-corrected chi connectivity index (χ3v) is 4.18. The maximum Gasteiger partial charge on any atom is 0.119 e. The molecule has 2 aromatic rings. The van der Waals surface area contributed by atoms with Gasteiger partial charge in [-0.3, -0.25) is 4.68 Å². The summed E-state index contributed by atoms with van der Waals surface area (Å²) in [5, 5.41) is 8.14. The van der Waals surface area contributed by atoms with Gasteiger partial charge in [0.2, 0.25) is 0 Å². The molecule has 0 spiro atoms. The molecule has 3 rings (SSSR count). The van der Waals surface area contributed by atoms with Gasteiger partial charge in [0.15, 0.2) is 0 Å². The number of methoxy groups -OCH3 is 2. The first-order valence-electron chi connectivity index (χ1n) is 8.30. The van der Waals surface area contributed by atoms with E-state index >= 15 is 0 Å². The first kappa shape index (κ1) is 17.0. The zero-order chi connectivity index (χ0) is 16.8. The van der Waals surface area contributed by atoms with E-state index in [0.717, 1.165) is 44.1 Å². The lowest BCUT2D eigenvalue weighted by atomic mass is 10.1. The molecule has 0 unspecified atom stereocenters. The molecule has 130 valence electrons. The van der Waals surface area contributed by atoms with Crippen LogP contribution >= 0.6 is 0 Å². The largest absolute Gasteiger partial charge is 0.497 e. The molecule has 2 heterocycles. The Morgan fingerprint density at radius 1 is 1.38 bits per heavy atom. The van der Waals surface area contributed by atoms with Crippen LogP contribution in [0.4, 0.5) is 0 Å². The highest BCUT2D eigenvalue weighted by Crippen LogP contribution is 2.25. The number of nitrogens with zero attached hydrogens (tertiary/aromatic N) is 2. The van der Waals surface area contributed by atoms with E-state index in [2.05, 4.69) is 22.7 Å². The molecule has 1 aromatic carbocycles. The second-order valence-corrected chi connectivity index (χ2v) is 5.89. The maximum atomic E-state index is 5.91. The number of rotatable bonds is 8. The van der Waals surface area contributed by atoms with Gasteiger partial charge < -0.3 is 19.5 Å². The van der Waals surface area contributed by atoms with Crippen molar-refractivity contribution in [3.63, 3.8) is 0 Å². The molecule has 0 amide bonds. The van der Waals surface area contributed by atoms with Crippen molar-refractivity contribution in [3.8, 4) is 5.75 Å². The highest BCUT2D eigenvalue weighted by molar-refractivity contribution is 5.28. The lowest BCUT2D eigenvalue weighted by Crippen LogP contribution is -2.27. The minimum atomic E-state index is 0.00292. The fraction of sp³-hybridized carbons (Fsp3) is 0.500. The third-order valence-electron chi connectivity index (χ3n) is 4.18. The summed E-state index contributed by atoms with van der Waals surface area (Å²) in [6.45, 7) is 3.70. The number of benzene rings is 1. The molecule has 6 heteroatoms. The van der Waals surface area contributed by atoms with E-state index in [1.807, 2.05) is 22.9 Å². The van der Waals surface area contributed by atoms with E-state index in [4.69, 9.17) is 14.2 Å². The Hall–Kier alpha value is -1.89. The molecule has 0 fully saturated rings. The minimum absolute atomic E-state index is 0.00292. The second-order valence-electron chi connectivity index (χ2n) is 5.89. The minimum Gasteiger partial charge on any atom is -0.497 e. The van der Waals surface area contributed by atoms with Gasteiger partial charge in [0.1, 0.15) is 11.9 Å². The molecule has 0 aliphatic carbocycles. The molecule has 0 saturated heterocycles. The average Bonchev–Trinajstić information content (AvgIpc) is 3.04. The van der Waals surface area contributed by atoms with Crippen LogP contribution in [0.5, 0.6) is 5.75 Å². The molecule has 1 N–H and O–H groups in total. The Morgan fingerprint density at radius 3 is 3.12 bits per heavy atom. The normalized spacial score (nSPS) is 16.8. The molecule has 0 saturated carbocycles. The lowest BCUT2D eigenvalue weighted by molar-refractivity contribution is 0.0392. The van der Waals surface area contributed by atoms with E-state index < -0.39 is 0 Å². The average molecular weight is 331 g/mol. The molecule has 24 heavy (non-hydrogen) atoms. The topological polar surface area (TPSA) is 57.5 Å². The Kier molecular flexibility index (Phi) is 5.85. The van der Waals surface area contributed by atoms with Crippen molar-refractivity contribution in [2.75, 3.05) is 34.0 Å². The summed E-state index contributed by atoms with van der Waals surface area (Å²) in [6, 6.07) is 8.08.